The molecule has 1 aliphatic rings. The number of carbonyl (C=O) groups excluding carboxylic acids is 4. The van der Waals surface area contributed by atoms with Gasteiger partial charge in [0, 0.05) is 13.0 Å². The van der Waals surface area contributed by atoms with Gasteiger partial charge in [0.25, 0.3) is 0 Å². The van der Waals surface area contributed by atoms with Crippen LogP contribution in [-0.2, 0) is 23.9 Å². The second-order valence-electron chi connectivity index (χ2n) is 7.19. The van der Waals surface area contributed by atoms with Crippen LogP contribution in [0.2, 0.25) is 0 Å². The molecule has 1 atom stereocenters. The van der Waals surface area contributed by atoms with E-state index in [0.29, 0.717) is 19.4 Å². The van der Waals surface area contributed by atoms with Crippen molar-refractivity contribution in [3.05, 3.63) is 0 Å². The second kappa shape index (κ2) is 14.0. The van der Waals surface area contributed by atoms with Crippen molar-refractivity contribution in [3.8, 4) is 0 Å². The fraction of sp³-hybridized carbons (Fsp3) is 0.800. The van der Waals surface area contributed by atoms with Gasteiger partial charge in [0.05, 0.1) is 20.2 Å². The number of ether oxygens (including phenoxy) is 1. The standard InChI is InChI=1S/C20H35N3O5/c1-3-4-5-6-7-8-9-12-17(24)21-14-18(25)22-15-19(26)23-13-10-11-16(23)20(27)28-2/h16H,3-15H2,1-2H3,(H,21,24)(H,22,25). The maximum Gasteiger partial charge on any atom is 0.328 e. The molecule has 0 aromatic rings. The van der Waals surface area contributed by atoms with Crippen molar-refractivity contribution in [2.75, 3.05) is 26.7 Å². The molecule has 8 heteroatoms. The molecule has 1 unspecified atom stereocenters. The van der Waals surface area contributed by atoms with Crippen LogP contribution in [0.1, 0.15) is 71.1 Å². The predicted octanol–water partition coefficient (Wildman–Crippen LogP) is 1.52. The van der Waals surface area contributed by atoms with Crippen molar-refractivity contribution in [1.29, 1.82) is 0 Å². The molecule has 0 spiro atoms. The van der Waals surface area contributed by atoms with Crippen LogP contribution < -0.4 is 10.6 Å². The minimum atomic E-state index is -0.573. The molecule has 1 rings (SSSR count). The van der Waals surface area contributed by atoms with E-state index >= 15 is 0 Å². The Kier molecular flexibility index (Phi) is 11.9. The maximum absolute atomic E-state index is 12.2. The van der Waals surface area contributed by atoms with Gasteiger partial charge in [-0.3, -0.25) is 14.4 Å². The predicted molar refractivity (Wildman–Crippen MR) is 105 cm³/mol. The number of nitrogens with zero attached hydrogens (tertiary/aromatic N) is 1. The molecule has 0 saturated carbocycles. The third kappa shape index (κ3) is 9.19. The number of hydrogen-bond acceptors (Lipinski definition) is 5. The van der Waals surface area contributed by atoms with E-state index < -0.39 is 17.9 Å². The largest absolute Gasteiger partial charge is 0.467 e. The summed E-state index contributed by atoms with van der Waals surface area (Å²) in [5, 5.41) is 5.06. The summed E-state index contributed by atoms with van der Waals surface area (Å²) in [6, 6.07) is -0.573. The molecular formula is C20H35N3O5. The number of carbonyl (C=O) groups is 4. The molecule has 28 heavy (non-hydrogen) atoms. The molecule has 0 radical (unpaired) electrons. The third-order valence-electron chi connectivity index (χ3n) is 4.94. The molecule has 1 aliphatic heterocycles. The van der Waals surface area contributed by atoms with Gasteiger partial charge in [-0.05, 0) is 19.3 Å². The zero-order valence-corrected chi connectivity index (χ0v) is 17.3. The highest BCUT2D eigenvalue weighted by atomic mass is 16.5. The smallest absolute Gasteiger partial charge is 0.328 e. The van der Waals surface area contributed by atoms with Gasteiger partial charge < -0.3 is 20.3 Å². The van der Waals surface area contributed by atoms with E-state index in [-0.39, 0.29) is 24.9 Å². The first-order valence-corrected chi connectivity index (χ1v) is 10.4. The lowest BCUT2D eigenvalue weighted by Crippen LogP contribution is -2.47. The molecule has 8 nitrogen and oxygen atoms in total. The van der Waals surface area contributed by atoms with Crippen molar-refractivity contribution in [2.24, 2.45) is 0 Å². The van der Waals surface area contributed by atoms with Gasteiger partial charge in [-0.2, -0.15) is 0 Å². The average molecular weight is 398 g/mol. The number of hydrogen-bond donors (Lipinski definition) is 2. The summed E-state index contributed by atoms with van der Waals surface area (Å²) in [4.78, 5) is 48.9. The zero-order chi connectivity index (χ0) is 20.8. The Morgan fingerprint density at radius 1 is 0.929 bits per heavy atom. The monoisotopic (exact) mass is 397 g/mol. The third-order valence-corrected chi connectivity index (χ3v) is 4.94. The van der Waals surface area contributed by atoms with E-state index in [4.69, 9.17) is 4.74 Å². The van der Waals surface area contributed by atoms with E-state index in [0.717, 1.165) is 25.7 Å². The number of esters is 1. The number of rotatable bonds is 13. The number of nitrogens with one attached hydrogen (secondary N) is 2. The Balaban J connectivity index is 2.13. The van der Waals surface area contributed by atoms with E-state index in [1.165, 1.54) is 37.7 Å². The number of methoxy groups -OCH3 is 1. The highest BCUT2D eigenvalue weighted by molar-refractivity contribution is 5.90. The molecule has 0 aromatic heterocycles. The van der Waals surface area contributed by atoms with Crippen LogP contribution in [0.15, 0.2) is 0 Å². The van der Waals surface area contributed by atoms with E-state index in [1.54, 1.807) is 0 Å². The second-order valence-corrected chi connectivity index (χ2v) is 7.19. The Morgan fingerprint density at radius 2 is 1.57 bits per heavy atom. The van der Waals surface area contributed by atoms with Crippen LogP contribution in [0.4, 0.5) is 0 Å². The summed E-state index contributed by atoms with van der Waals surface area (Å²) >= 11 is 0. The normalized spacial score (nSPS) is 15.9. The summed E-state index contributed by atoms with van der Waals surface area (Å²) in [6.45, 7) is 2.31. The van der Waals surface area contributed by atoms with Crippen molar-refractivity contribution >= 4 is 23.7 Å². The Labute approximate surface area is 167 Å². The van der Waals surface area contributed by atoms with Gasteiger partial charge in [-0.25, -0.2) is 4.79 Å². The maximum atomic E-state index is 12.2. The summed E-state index contributed by atoms with van der Waals surface area (Å²) in [6.07, 6.45) is 9.64. The van der Waals surface area contributed by atoms with Gasteiger partial charge >= 0.3 is 5.97 Å². The highest BCUT2D eigenvalue weighted by Gasteiger charge is 2.34. The SMILES string of the molecule is CCCCCCCCCC(=O)NCC(=O)NCC(=O)N1CCCC1C(=O)OC. The lowest BCUT2D eigenvalue weighted by molar-refractivity contribution is -0.150. The topological polar surface area (TPSA) is 105 Å². The molecular weight excluding hydrogens is 362 g/mol. The van der Waals surface area contributed by atoms with Crippen molar-refractivity contribution in [1.82, 2.24) is 15.5 Å². The lowest BCUT2D eigenvalue weighted by Gasteiger charge is -2.22. The molecule has 160 valence electrons. The van der Waals surface area contributed by atoms with Crippen molar-refractivity contribution in [3.63, 3.8) is 0 Å². The summed E-state index contributed by atoms with van der Waals surface area (Å²) in [5.41, 5.74) is 0. The van der Waals surface area contributed by atoms with Crippen molar-refractivity contribution < 1.29 is 23.9 Å². The molecule has 1 fully saturated rings. The van der Waals surface area contributed by atoms with Gasteiger partial charge in [-0.1, -0.05) is 45.4 Å². The van der Waals surface area contributed by atoms with Gasteiger partial charge in [0.2, 0.25) is 17.7 Å². The van der Waals surface area contributed by atoms with Crippen LogP contribution >= 0.6 is 0 Å². The average Bonchev–Trinajstić information content (AvgIpc) is 3.19. The quantitative estimate of drug-likeness (QED) is 0.362. The number of unbranched alkanes of at least 4 members (excludes halogenated alkanes) is 6. The Bertz CT molecular complexity index is 524. The molecule has 0 bridgehead atoms. The summed E-state index contributed by atoms with van der Waals surface area (Å²) in [5.74, 6) is -1.33. The van der Waals surface area contributed by atoms with E-state index in [2.05, 4.69) is 17.6 Å². The minimum absolute atomic E-state index is 0.150. The first kappa shape index (κ1) is 23.9. The first-order chi connectivity index (χ1) is 13.5. The van der Waals surface area contributed by atoms with Crippen LogP contribution in [0, 0.1) is 0 Å². The molecule has 1 saturated heterocycles. The van der Waals surface area contributed by atoms with Crippen LogP contribution in [0.3, 0.4) is 0 Å². The summed E-state index contributed by atoms with van der Waals surface area (Å²) in [7, 11) is 1.29. The lowest BCUT2D eigenvalue weighted by atomic mass is 10.1. The van der Waals surface area contributed by atoms with Crippen LogP contribution in [0.5, 0.6) is 0 Å². The first-order valence-electron chi connectivity index (χ1n) is 10.4. The van der Waals surface area contributed by atoms with E-state index in [9.17, 15) is 19.2 Å². The van der Waals surface area contributed by atoms with Crippen LogP contribution in [0.25, 0.3) is 0 Å². The Hall–Kier alpha value is -2.12. The van der Waals surface area contributed by atoms with Crippen molar-refractivity contribution in [2.45, 2.75) is 77.2 Å². The highest BCUT2D eigenvalue weighted by Crippen LogP contribution is 2.18. The minimum Gasteiger partial charge on any atom is -0.467 e. The van der Waals surface area contributed by atoms with Gasteiger partial charge in [0.15, 0.2) is 0 Å². The number of amides is 3. The fourth-order valence-corrected chi connectivity index (χ4v) is 3.29. The molecule has 0 aromatic carbocycles. The Morgan fingerprint density at radius 3 is 2.25 bits per heavy atom. The molecule has 2 N–H and O–H groups in total. The fourth-order valence-electron chi connectivity index (χ4n) is 3.29. The number of likely N-dealkylation sites (tertiary alicyclic amines) is 1. The summed E-state index contributed by atoms with van der Waals surface area (Å²) < 4.78 is 4.70. The van der Waals surface area contributed by atoms with Gasteiger partial charge in [0.1, 0.15) is 6.04 Å². The molecule has 1 heterocycles. The molecule has 0 aliphatic carbocycles. The van der Waals surface area contributed by atoms with E-state index in [1.807, 2.05) is 0 Å². The zero-order valence-electron chi connectivity index (χ0n) is 17.3. The van der Waals surface area contributed by atoms with Gasteiger partial charge in [-0.15, -0.1) is 0 Å². The molecule has 3 amide bonds. The van der Waals surface area contributed by atoms with Crippen LogP contribution in [-0.4, -0.2) is 61.4 Å².